The van der Waals surface area contributed by atoms with Crippen molar-refractivity contribution in [2.24, 2.45) is 0 Å². The van der Waals surface area contributed by atoms with E-state index in [2.05, 4.69) is 52.0 Å². The molecular weight excluding hydrogens is 474 g/mol. The molecule has 2 heterocycles. The van der Waals surface area contributed by atoms with Gasteiger partial charge in [-0.15, -0.1) is 0 Å². The summed E-state index contributed by atoms with van der Waals surface area (Å²) in [6.07, 6.45) is 4.19. The first-order chi connectivity index (χ1) is 8.18. The Balaban J connectivity index is 2.33. The summed E-state index contributed by atoms with van der Waals surface area (Å²) in [5.41, 5.74) is 0. The number of rotatable bonds is 3. The van der Waals surface area contributed by atoms with Crippen LogP contribution in [0.2, 0.25) is 29.6 Å². The van der Waals surface area contributed by atoms with E-state index in [0.29, 0.717) is 0 Å². The van der Waals surface area contributed by atoms with Crippen LogP contribution in [0.5, 0.6) is 0 Å². The monoisotopic (exact) mass is 496 g/mol. The molecule has 0 aliphatic carbocycles. The molecule has 0 amide bonds. The van der Waals surface area contributed by atoms with Crippen molar-refractivity contribution in [3.63, 3.8) is 0 Å². The van der Waals surface area contributed by atoms with Gasteiger partial charge < -0.3 is 0 Å². The molecule has 6 heteroatoms. The first-order valence-corrected chi connectivity index (χ1v) is 27.7. The van der Waals surface area contributed by atoms with Gasteiger partial charge in [0.1, 0.15) is 0 Å². The third-order valence-corrected chi connectivity index (χ3v) is 23.6. The predicted octanol–water partition coefficient (Wildman–Crippen LogP) is 3.36. The fraction of sp³-hybridized carbons (Fsp3) is 0.500. The summed E-state index contributed by atoms with van der Waals surface area (Å²) in [4.78, 5) is 23.8. The Morgan fingerprint density at radius 1 is 0.722 bits per heavy atom. The summed E-state index contributed by atoms with van der Waals surface area (Å²) in [7, 11) is 0. The van der Waals surface area contributed by atoms with Gasteiger partial charge in [-0.1, -0.05) is 0 Å². The minimum absolute atomic E-state index is 1.13. The summed E-state index contributed by atoms with van der Waals surface area (Å²) in [5, 5.41) is 2.26. The fourth-order valence-electron chi connectivity index (χ4n) is 1.44. The van der Waals surface area contributed by atoms with Crippen molar-refractivity contribution < 1.29 is 0 Å². The maximum absolute atomic E-state index is 4.59. The summed E-state index contributed by atoms with van der Waals surface area (Å²) >= 11 is -0.161. The van der Waals surface area contributed by atoms with E-state index in [-0.39, 0.29) is 0 Å². The third kappa shape index (κ3) is 3.49. The molecule has 0 fully saturated rings. The molecule has 98 valence electrons. The molecule has 18 heavy (non-hydrogen) atoms. The number of hydrogen-bond acceptors (Lipinski definition) is 4. The van der Waals surface area contributed by atoms with Crippen molar-refractivity contribution in [1.82, 2.24) is 9.97 Å². The molecule has 2 nitrogen and oxygen atoms in total. The Labute approximate surface area is 126 Å². The second-order valence-corrected chi connectivity index (χ2v) is 39.5. The second-order valence-electron chi connectivity index (χ2n) is 6.56. The van der Waals surface area contributed by atoms with E-state index in [4.69, 9.17) is 0 Å². The van der Waals surface area contributed by atoms with Gasteiger partial charge in [0.05, 0.1) is 0 Å². The molecule has 2 rings (SSSR count). The molecule has 0 spiro atoms. The summed E-state index contributed by atoms with van der Waals surface area (Å²) in [6.45, 7) is 0. The van der Waals surface area contributed by atoms with Crippen LogP contribution in [0, 0.1) is 0 Å². The summed E-state index contributed by atoms with van der Waals surface area (Å²) < 4.78 is 3.07. The van der Waals surface area contributed by atoms with Crippen LogP contribution in [0.25, 0.3) is 10.0 Å². The van der Waals surface area contributed by atoms with E-state index in [1.807, 2.05) is 22.7 Å². The molecule has 2 aromatic heterocycles. The minimum atomic E-state index is -1.95. The van der Waals surface area contributed by atoms with Gasteiger partial charge in [-0.05, 0) is 0 Å². The van der Waals surface area contributed by atoms with Crippen LogP contribution >= 0.6 is 22.7 Å². The van der Waals surface area contributed by atoms with Gasteiger partial charge in [-0.3, -0.25) is 0 Å². The Kier molecular flexibility index (Phi) is 4.52. The van der Waals surface area contributed by atoms with Crippen LogP contribution in [0.15, 0.2) is 12.4 Å². The number of thiazole rings is 2. The maximum atomic E-state index is 4.59. The zero-order chi connectivity index (χ0) is 13.6. The van der Waals surface area contributed by atoms with Crippen molar-refractivity contribution in [2.75, 3.05) is 0 Å². The number of nitrogens with zero attached hydrogens (tertiary/aromatic N) is 2. The topological polar surface area (TPSA) is 25.8 Å². The van der Waals surface area contributed by atoms with E-state index < -0.39 is 36.8 Å². The molecule has 0 bridgehead atoms. The van der Waals surface area contributed by atoms with Gasteiger partial charge in [-0.2, -0.15) is 0 Å². The summed E-state index contributed by atoms with van der Waals surface area (Å²) in [5.74, 6) is 0. The van der Waals surface area contributed by atoms with Crippen LogP contribution in [-0.4, -0.2) is 46.7 Å². The van der Waals surface area contributed by atoms with E-state index in [1.54, 1.807) is 0 Å². The molecule has 0 aliphatic rings. The van der Waals surface area contributed by atoms with Crippen LogP contribution in [-0.2, 0) is 0 Å². The number of aromatic nitrogens is 2. The van der Waals surface area contributed by atoms with Crippen molar-refractivity contribution in [2.45, 2.75) is 29.6 Å². The van der Waals surface area contributed by atoms with Crippen molar-refractivity contribution >= 4 is 65.2 Å². The Morgan fingerprint density at radius 3 is 1.28 bits per heavy atom. The quantitative estimate of drug-likeness (QED) is 0.613. The third-order valence-electron chi connectivity index (χ3n) is 2.67. The average molecular weight is 494 g/mol. The molecule has 0 saturated heterocycles. The molecule has 0 aromatic carbocycles. The molecular formula is C12H20N2S2Sn2. The van der Waals surface area contributed by atoms with Crippen LogP contribution in [0.3, 0.4) is 0 Å². The van der Waals surface area contributed by atoms with E-state index >= 15 is 0 Å². The Morgan fingerprint density at radius 2 is 1.06 bits per heavy atom. The molecule has 0 atom stereocenters. The zero-order valence-corrected chi connectivity index (χ0v) is 19.2. The Bertz CT molecular complexity index is 497. The van der Waals surface area contributed by atoms with E-state index in [9.17, 15) is 0 Å². The zero-order valence-electron chi connectivity index (χ0n) is 11.9. The standard InChI is InChI=1S/C6H2N2S2.6CH3.2Sn/c1-3-9-5(7-1)6-8-2-4-10-6;;;;;;;;/h1-2H;6*1H3;;. The van der Waals surface area contributed by atoms with Gasteiger partial charge >= 0.3 is 127 Å². The first-order valence-electron chi connectivity index (χ1n) is 6.11. The van der Waals surface area contributed by atoms with Crippen molar-refractivity contribution in [1.29, 1.82) is 0 Å². The first kappa shape index (κ1) is 15.3. The van der Waals surface area contributed by atoms with Crippen molar-refractivity contribution in [3.8, 4) is 10.0 Å². The Hall–Kier alpha value is 0.857. The van der Waals surface area contributed by atoms with Crippen LogP contribution in [0.4, 0.5) is 0 Å². The second kappa shape index (κ2) is 5.33. The molecule has 0 saturated carbocycles. The van der Waals surface area contributed by atoms with E-state index in [1.165, 1.54) is 5.79 Å². The van der Waals surface area contributed by atoms with E-state index in [0.717, 1.165) is 10.0 Å². The predicted molar refractivity (Wildman–Crippen MR) is 89.2 cm³/mol. The van der Waals surface area contributed by atoms with Gasteiger partial charge in [0, 0.05) is 0 Å². The van der Waals surface area contributed by atoms with Crippen molar-refractivity contribution in [3.05, 3.63) is 12.4 Å². The number of hydrogen-bond donors (Lipinski definition) is 0. The molecule has 0 radical (unpaired) electrons. The summed E-state index contributed by atoms with van der Waals surface area (Å²) in [6, 6.07) is 0. The van der Waals surface area contributed by atoms with Crippen LogP contribution in [0.1, 0.15) is 0 Å². The SMILES string of the molecule is [CH3][Sn]([CH3])([CH3])[c]1cnc(-c2nc[c]([Sn]([CH3])([CH3])[CH3])s2)s1. The fourth-order valence-corrected chi connectivity index (χ4v) is 12.9. The average Bonchev–Trinajstić information content (AvgIpc) is 2.84. The molecule has 0 aliphatic heterocycles. The van der Waals surface area contributed by atoms with Gasteiger partial charge in [0.15, 0.2) is 0 Å². The normalized spacial score (nSPS) is 13.0. The molecule has 0 unspecified atom stereocenters. The molecule has 0 N–H and O–H groups in total. The van der Waals surface area contributed by atoms with Gasteiger partial charge in [0.2, 0.25) is 0 Å². The van der Waals surface area contributed by atoms with Crippen LogP contribution < -0.4 is 5.79 Å². The molecule has 2 aromatic rings. The van der Waals surface area contributed by atoms with Gasteiger partial charge in [-0.25, -0.2) is 0 Å². The van der Waals surface area contributed by atoms with Gasteiger partial charge in [0.25, 0.3) is 0 Å².